The van der Waals surface area contributed by atoms with E-state index >= 15 is 0 Å². The summed E-state index contributed by atoms with van der Waals surface area (Å²) in [6.45, 7) is 3.61. The van der Waals surface area contributed by atoms with Crippen LogP contribution in [0.25, 0.3) is 0 Å². The van der Waals surface area contributed by atoms with Gasteiger partial charge in [-0.2, -0.15) is 0 Å². The lowest BCUT2D eigenvalue weighted by atomic mass is 9.94. The molecule has 0 bridgehead atoms. The van der Waals surface area contributed by atoms with E-state index in [0.29, 0.717) is 32.5 Å². The highest BCUT2D eigenvalue weighted by molar-refractivity contribution is 6.00. The molecular formula is C25H29N3O3. The Morgan fingerprint density at radius 1 is 0.968 bits per heavy atom. The number of para-hydroxylation sites is 2. The number of nitrogens with one attached hydrogen (secondary N) is 1. The lowest BCUT2D eigenvalue weighted by Gasteiger charge is -2.33. The minimum absolute atomic E-state index is 0.00611. The van der Waals surface area contributed by atoms with E-state index in [1.807, 2.05) is 59.5 Å². The normalized spacial score (nSPS) is 19.5. The summed E-state index contributed by atoms with van der Waals surface area (Å²) in [6, 6.07) is 17.4. The molecule has 2 fully saturated rings. The van der Waals surface area contributed by atoms with Crippen molar-refractivity contribution in [2.45, 2.75) is 32.6 Å². The van der Waals surface area contributed by atoms with Crippen molar-refractivity contribution in [2.24, 2.45) is 11.8 Å². The van der Waals surface area contributed by atoms with Crippen LogP contribution in [0.15, 0.2) is 54.6 Å². The van der Waals surface area contributed by atoms with E-state index in [2.05, 4.69) is 12.2 Å². The number of anilines is 2. The molecule has 4 rings (SSSR count). The second-order valence-electron chi connectivity index (χ2n) is 8.34. The summed E-state index contributed by atoms with van der Waals surface area (Å²) < 4.78 is 0. The molecule has 2 heterocycles. The van der Waals surface area contributed by atoms with E-state index in [-0.39, 0.29) is 36.0 Å². The Balaban J connectivity index is 1.31. The number of aryl methyl sites for hydroxylation is 1. The van der Waals surface area contributed by atoms with E-state index in [0.717, 1.165) is 23.4 Å². The molecule has 0 aliphatic carbocycles. The molecule has 2 aromatic rings. The quantitative estimate of drug-likeness (QED) is 0.807. The van der Waals surface area contributed by atoms with Gasteiger partial charge in [0.25, 0.3) is 0 Å². The monoisotopic (exact) mass is 419 g/mol. The largest absolute Gasteiger partial charge is 0.342 e. The highest BCUT2D eigenvalue weighted by Gasteiger charge is 2.38. The molecule has 6 nitrogen and oxygen atoms in total. The fourth-order valence-electron chi connectivity index (χ4n) is 4.54. The number of amides is 3. The Morgan fingerprint density at radius 3 is 2.35 bits per heavy atom. The molecule has 2 aliphatic heterocycles. The molecule has 0 radical (unpaired) electrons. The minimum atomic E-state index is -0.311. The van der Waals surface area contributed by atoms with Gasteiger partial charge in [-0.3, -0.25) is 14.4 Å². The Labute approximate surface area is 183 Å². The van der Waals surface area contributed by atoms with Crippen molar-refractivity contribution in [1.82, 2.24) is 4.90 Å². The first kappa shape index (κ1) is 21.1. The summed E-state index contributed by atoms with van der Waals surface area (Å²) in [5.74, 6) is -0.357. The van der Waals surface area contributed by atoms with Gasteiger partial charge in [0.2, 0.25) is 17.7 Å². The van der Waals surface area contributed by atoms with Gasteiger partial charge in [0.15, 0.2) is 0 Å². The number of carbonyl (C=O) groups is 3. The maximum absolute atomic E-state index is 13.0. The summed E-state index contributed by atoms with van der Waals surface area (Å²) >= 11 is 0. The SMILES string of the molecule is CCc1ccccc1NC(=O)C1CCN(C(=O)C2CC(=O)N(c3ccccc3)C2)CC1. The molecule has 0 saturated carbocycles. The van der Waals surface area contributed by atoms with Gasteiger partial charge in [-0.25, -0.2) is 0 Å². The highest BCUT2D eigenvalue weighted by Crippen LogP contribution is 2.28. The van der Waals surface area contributed by atoms with Crippen molar-refractivity contribution in [3.8, 4) is 0 Å². The molecule has 2 aromatic carbocycles. The van der Waals surface area contributed by atoms with Crippen molar-refractivity contribution in [2.75, 3.05) is 29.9 Å². The topological polar surface area (TPSA) is 69.7 Å². The maximum Gasteiger partial charge on any atom is 0.228 e. The molecule has 6 heteroatoms. The van der Waals surface area contributed by atoms with Gasteiger partial charge >= 0.3 is 0 Å². The third-order valence-corrected chi connectivity index (χ3v) is 6.38. The number of hydrogen-bond acceptors (Lipinski definition) is 3. The Morgan fingerprint density at radius 2 is 1.65 bits per heavy atom. The summed E-state index contributed by atoms with van der Waals surface area (Å²) in [7, 11) is 0. The van der Waals surface area contributed by atoms with Crippen molar-refractivity contribution in [3.63, 3.8) is 0 Å². The van der Waals surface area contributed by atoms with Crippen molar-refractivity contribution >= 4 is 29.1 Å². The molecule has 3 amide bonds. The number of rotatable bonds is 5. The van der Waals surface area contributed by atoms with Crippen LogP contribution in [-0.2, 0) is 20.8 Å². The van der Waals surface area contributed by atoms with Crippen molar-refractivity contribution in [1.29, 1.82) is 0 Å². The van der Waals surface area contributed by atoms with Crippen LogP contribution in [0.4, 0.5) is 11.4 Å². The predicted molar refractivity (Wildman–Crippen MR) is 121 cm³/mol. The van der Waals surface area contributed by atoms with Gasteiger partial charge in [-0.15, -0.1) is 0 Å². The number of hydrogen-bond donors (Lipinski definition) is 1. The van der Waals surface area contributed by atoms with Crippen LogP contribution in [0.1, 0.15) is 31.7 Å². The second kappa shape index (κ2) is 9.33. The van der Waals surface area contributed by atoms with Crippen LogP contribution in [0.3, 0.4) is 0 Å². The van der Waals surface area contributed by atoms with Gasteiger partial charge in [-0.05, 0) is 43.0 Å². The molecule has 162 valence electrons. The smallest absolute Gasteiger partial charge is 0.228 e. The predicted octanol–water partition coefficient (Wildman–Crippen LogP) is 3.48. The lowest BCUT2D eigenvalue weighted by molar-refractivity contribution is -0.138. The summed E-state index contributed by atoms with van der Waals surface area (Å²) in [5.41, 5.74) is 2.84. The third-order valence-electron chi connectivity index (χ3n) is 6.38. The number of carbonyl (C=O) groups excluding carboxylic acids is 3. The zero-order valence-corrected chi connectivity index (χ0v) is 17.9. The highest BCUT2D eigenvalue weighted by atomic mass is 16.2. The molecule has 31 heavy (non-hydrogen) atoms. The average Bonchev–Trinajstić information content (AvgIpc) is 3.21. The number of benzene rings is 2. The van der Waals surface area contributed by atoms with E-state index in [1.54, 1.807) is 4.90 Å². The van der Waals surface area contributed by atoms with Crippen LogP contribution < -0.4 is 10.2 Å². The van der Waals surface area contributed by atoms with Gasteiger partial charge in [0.05, 0.1) is 5.92 Å². The number of piperidine rings is 1. The zero-order valence-electron chi connectivity index (χ0n) is 17.9. The molecule has 1 unspecified atom stereocenters. The first-order chi connectivity index (χ1) is 15.1. The summed E-state index contributed by atoms with van der Waals surface area (Å²) in [4.78, 5) is 41.7. The Hall–Kier alpha value is -3.15. The zero-order chi connectivity index (χ0) is 21.8. The van der Waals surface area contributed by atoms with Crippen LogP contribution >= 0.6 is 0 Å². The van der Waals surface area contributed by atoms with Crippen LogP contribution in [-0.4, -0.2) is 42.3 Å². The van der Waals surface area contributed by atoms with Gasteiger partial charge < -0.3 is 15.1 Å². The maximum atomic E-state index is 13.0. The van der Waals surface area contributed by atoms with Crippen LogP contribution in [0.2, 0.25) is 0 Å². The van der Waals surface area contributed by atoms with Gasteiger partial charge in [-0.1, -0.05) is 43.3 Å². The summed E-state index contributed by atoms with van der Waals surface area (Å²) in [6.07, 6.45) is 2.41. The first-order valence-electron chi connectivity index (χ1n) is 11.1. The van der Waals surface area contributed by atoms with Gasteiger partial charge in [0, 0.05) is 43.3 Å². The fraction of sp³-hybridized carbons (Fsp3) is 0.400. The lowest BCUT2D eigenvalue weighted by Crippen LogP contribution is -2.44. The molecule has 1 N–H and O–H groups in total. The van der Waals surface area contributed by atoms with Crippen molar-refractivity contribution < 1.29 is 14.4 Å². The van der Waals surface area contributed by atoms with Crippen LogP contribution in [0, 0.1) is 11.8 Å². The van der Waals surface area contributed by atoms with Crippen molar-refractivity contribution in [3.05, 3.63) is 60.2 Å². The Kier molecular flexibility index (Phi) is 6.35. The first-order valence-corrected chi connectivity index (χ1v) is 11.1. The van der Waals surface area contributed by atoms with E-state index in [4.69, 9.17) is 0 Å². The molecule has 1 atom stereocenters. The van der Waals surface area contributed by atoms with E-state index in [1.165, 1.54) is 0 Å². The third kappa shape index (κ3) is 4.63. The average molecular weight is 420 g/mol. The fourth-order valence-corrected chi connectivity index (χ4v) is 4.54. The number of nitrogens with zero attached hydrogens (tertiary/aromatic N) is 2. The van der Waals surface area contributed by atoms with Gasteiger partial charge in [0.1, 0.15) is 0 Å². The van der Waals surface area contributed by atoms with E-state index < -0.39 is 0 Å². The summed E-state index contributed by atoms with van der Waals surface area (Å²) in [5, 5.41) is 3.07. The van der Waals surface area contributed by atoms with Crippen LogP contribution in [0.5, 0.6) is 0 Å². The molecule has 2 aliphatic rings. The second-order valence-corrected chi connectivity index (χ2v) is 8.34. The Bertz CT molecular complexity index is 951. The van der Waals surface area contributed by atoms with E-state index in [9.17, 15) is 14.4 Å². The standard InChI is InChI=1S/C25H29N3O3/c1-2-18-8-6-7-11-22(18)26-24(30)19-12-14-27(15-13-19)25(31)20-16-23(29)28(17-20)21-9-4-3-5-10-21/h3-11,19-20H,2,12-17H2,1H3,(H,26,30). The molecule has 0 spiro atoms. The minimum Gasteiger partial charge on any atom is -0.342 e. The molecular weight excluding hydrogens is 390 g/mol. The molecule has 0 aromatic heterocycles. The number of likely N-dealkylation sites (tertiary alicyclic amines) is 1. The molecule has 2 saturated heterocycles.